The summed E-state index contributed by atoms with van der Waals surface area (Å²) in [7, 11) is 0. The summed E-state index contributed by atoms with van der Waals surface area (Å²) in [6.45, 7) is 6.94. The summed E-state index contributed by atoms with van der Waals surface area (Å²) >= 11 is 0. The molecule has 0 amide bonds. The largest absolute Gasteiger partial charge is 0.490 e. The molecular formula is C22H27NO4. The number of rotatable bonds is 10. The Morgan fingerprint density at radius 3 is 2.52 bits per heavy atom. The molecule has 0 aliphatic carbocycles. The molecule has 1 aromatic heterocycles. The lowest BCUT2D eigenvalue weighted by atomic mass is 10.1. The van der Waals surface area contributed by atoms with E-state index in [0.29, 0.717) is 26.2 Å². The van der Waals surface area contributed by atoms with Crippen LogP contribution in [0.4, 0.5) is 0 Å². The van der Waals surface area contributed by atoms with E-state index in [-0.39, 0.29) is 5.97 Å². The topological polar surface area (TPSA) is 57.7 Å². The minimum atomic E-state index is -0.578. The zero-order valence-electron chi connectivity index (χ0n) is 16.2. The lowest BCUT2D eigenvalue weighted by Gasteiger charge is -2.15. The SMILES string of the molecule is CCOC(=O)C(Cc1ccc(OCC=C(C)c2ccccn2)cc1)OCC. The van der Waals surface area contributed by atoms with Crippen LogP contribution in [0.5, 0.6) is 5.75 Å². The maximum absolute atomic E-state index is 11.9. The van der Waals surface area contributed by atoms with E-state index in [9.17, 15) is 4.79 Å². The maximum Gasteiger partial charge on any atom is 0.335 e. The molecule has 2 rings (SSSR count). The van der Waals surface area contributed by atoms with Gasteiger partial charge in [-0.3, -0.25) is 4.98 Å². The van der Waals surface area contributed by atoms with Crippen molar-refractivity contribution in [1.82, 2.24) is 4.98 Å². The third kappa shape index (κ3) is 6.87. The van der Waals surface area contributed by atoms with Crippen LogP contribution < -0.4 is 4.74 Å². The molecule has 0 spiro atoms. The second-order valence-corrected chi connectivity index (χ2v) is 5.96. The molecule has 0 aliphatic rings. The van der Waals surface area contributed by atoms with E-state index < -0.39 is 6.10 Å². The Labute approximate surface area is 161 Å². The lowest BCUT2D eigenvalue weighted by Crippen LogP contribution is -2.28. The Balaban J connectivity index is 1.89. The van der Waals surface area contributed by atoms with E-state index in [1.807, 2.05) is 62.4 Å². The Hall–Kier alpha value is -2.66. The number of nitrogens with zero attached hydrogens (tertiary/aromatic N) is 1. The predicted molar refractivity (Wildman–Crippen MR) is 106 cm³/mol. The van der Waals surface area contributed by atoms with Gasteiger partial charge in [-0.1, -0.05) is 18.2 Å². The Kier molecular flexibility index (Phi) is 8.52. The molecule has 0 saturated heterocycles. The number of carbonyl (C=O) groups excluding carboxylic acids is 1. The fourth-order valence-electron chi connectivity index (χ4n) is 2.55. The first-order valence-electron chi connectivity index (χ1n) is 9.22. The number of ether oxygens (including phenoxy) is 3. The first-order chi connectivity index (χ1) is 13.1. The zero-order valence-corrected chi connectivity index (χ0v) is 16.2. The first-order valence-corrected chi connectivity index (χ1v) is 9.22. The van der Waals surface area contributed by atoms with Crippen molar-refractivity contribution in [2.45, 2.75) is 33.3 Å². The van der Waals surface area contributed by atoms with Gasteiger partial charge in [-0.15, -0.1) is 0 Å². The summed E-state index contributed by atoms with van der Waals surface area (Å²) < 4.78 is 16.3. The fourth-order valence-corrected chi connectivity index (χ4v) is 2.55. The number of carbonyl (C=O) groups is 1. The Morgan fingerprint density at radius 2 is 1.89 bits per heavy atom. The van der Waals surface area contributed by atoms with Crippen molar-refractivity contribution in [3.8, 4) is 5.75 Å². The second kappa shape index (κ2) is 11.1. The smallest absolute Gasteiger partial charge is 0.335 e. The molecule has 1 heterocycles. The zero-order chi connectivity index (χ0) is 19.5. The Bertz CT molecular complexity index is 726. The van der Waals surface area contributed by atoms with Crippen molar-refractivity contribution in [2.75, 3.05) is 19.8 Å². The molecule has 5 heteroatoms. The van der Waals surface area contributed by atoms with Crippen molar-refractivity contribution in [3.63, 3.8) is 0 Å². The molecule has 2 aromatic rings. The average molecular weight is 369 g/mol. The minimum absolute atomic E-state index is 0.324. The quantitative estimate of drug-likeness (QED) is 0.591. The van der Waals surface area contributed by atoms with Gasteiger partial charge >= 0.3 is 5.97 Å². The summed E-state index contributed by atoms with van der Waals surface area (Å²) in [5.74, 6) is 0.447. The van der Waals surface area contributed by atoms with Gasteiger partial charge in [0.1, 0.15) is 12.4 Å². The number of aromatic nitrogens is 1. The van der Waals surface area contributed by atoms with Crippen LogP contribution in [0.2, 0.25) is 0 Å². The van der Waals surface area contributed by atoms with Gasteiger partial charge in [0.2, 0.25) is 0 Å². The molecular weight excluding hydrogens is 342 g/mol. The number of benzene rings is 1. The highest BCUT2D eigenvalue weighted by atomic mass is 16.6. The predicted octanol–water partition coefficient (Wildman–Crippen LogP) is 4.07. The normalized spacial score (nSPS) is 12.5. The highest BCUT2D eigenvalue weighted by molar-refractivity contribution is 5.75. The van der Waals surface area contributed by atoms with Crippen molar-refractivity contribution in [1.29, 1.82) is 0 Å². The molecule has 0 N–H and O–H groups in total. The van der Waals surface area contributed by atoms with Crippen molar-refractivity contribution in [3.05, 3.63) is 66.0 Å². The molecule has 0 aliphatic heterocycles. The molecule has 0 saturated carbocycles. The van der Waals surface area contributed by atoms with Gasteiger partial charge in [-0.25, -0.2) is 4.79 Å². The average Bonchev–Trinajstić information content (AvgIpc) is 2.69. The summed E-state index contributed by atoms with van der Waals surface area (Å²) in [6.07, 6.45) is 3.68. The molecule has 0 radical (unpaired) electrons. The summed E-state index contributed by atoms with van der Waals surface area (Å²) in [6, 6.07) is 13.5. The van der Waals surface area contributed by atoms with Gasteiger partial charge in [0.05, 0.1) is 12.3 Å². The fraction of sp³-hybridized carbons (Fsp3) is 0.364. The van der Waals surface area contributed by atoms with E-state index in [2.05, 4.69) is 4.98 Å². The minimum Gasteiger partial charge on any atom is -0.490 e. The monoisotopic (exact) mass is 369 g/mol. The molecule has 144 valence electrons. The van der Waals surface area contributed by atoms with Gasteiger partial charge in [-0.2, -0.15) is 0 Å². The number of allylic oxidation sites excluding steroid dienone is 1. The van der Waals surface area contributed by atoms with Crippen LogP contribution in [0.25, 0.3) is 5.57 Å². The van der Waals surface area contributed by atoms with Crippen molar-refractivity contribution < 1.29 is 19.0 Å². The van der Waals surface area contributed by atoms with Crippen LogP contribution in [-0.2, 0) is 20.7 Å². The summed E-state index contributed by atoms with van der Waals surface area (Å²) in [5, 5.41) is 0. The molecule has 27 heavy (non-hydrogen) atoms. The van der Waals surface area contributed by atoms with Crippen LogP contribution >= 0.6 is 0 Å². The lowest BCUT2D eigenvalue weighted by molar-refractivity contribution is -0.156. The second-order valence-electron chi connectivity index (χ2n) is 5.96. The van der Waals surface area contributed by atoms with E-state index >= 15 is 0 Å². The number of hydrogen-bond acceptors (Lipinski definition) is 5. The van der Waals surface area contributed by atoms with Gasteiger partial charge in [0.15, 0.2) is 6.10 Å². The maximum atomic E-state index is 11.9. The van der Waals surface area contributed by atoms with E-state index in [4.69, 9.17) is 14.2 Å². The molecule has 1 unspecified atom stereocenters. The molecule has 0 fully saturated rings. The summed E-state index contributed by atoms with van der Waals surface area (Å²) in [5.41, 5.74) is 3.01. The highest BCUT2D eigenvalue weighted by Crippen LogP contribution is 2.16. The van der Waals surface area contributed by atoms with Gasteiger partial charge in [0.25, 0.3) is 0 Å². The van der Waals surface area contributed by atoms with Crippen molar-refractivity contribution >= 4 is 11.5 Å². The van der Waals surface area contributed by atoms with Crippen LogP contribution in [-0.4, -0.2) is 36.9 Å². The number of hydrogen-bond donors (Lipinski definition) is 0. The van der Waals surface area contributed by atoms with E-state index in [0.717, 1.165) is 22.6 Å². The van der Waals surface area contributed by atoms with Crippen LogP contribution in [0.15, 0.2) is 54.7 Å². The third-order valence-electron chi connectivity index (χ3n) is 3.97. The number of esters is 1. The van der Waals surface area contributed by atoms with Crippen molar-refractivity contribution in [2.24, 2.45) is 0 Å². The number of pyridine rings is 1. The standard InChI is InChI=1S/C22H27NO4/c1-4-25-21(22(24)26-5-2)16-18-9-11-19(12-10-18)27-15-13-17(3)20-8-6-7-14-23-20/h6-14,21H,4-5,15-16H2,1-3H3. The molecule has 1 aromatic carbocycles. The van der Waals surface area contributed by atoms with Gasteiger partial charge in [-0.05, 0) is 62.2 Å². The first kappa shape index (κ1) is 20.6. The summed E-state index contributed by atoms with van der Waals surface area (Å²) in [4.78, 5) is 16.3. The van der Waals surface area contributed by atoms with Gasteiger partial charge in [0, 0.05) is 19.2 Å². The third-order valence-corrected chi connectivity index (χ3v) is 3.97. The molecule has 1 atom stereocenters. The van der Waals surface area contributed by atoms with Crippen LogP contribution in [0.1, 0.15) is 32.0 Å². The van der Waals surface area contributed by atoms with Gasteiger partial charge < -0.3 is 14.2 Å². The van der Waals surface area contributed by atoms with E-state index in [1.54, 1.807) is 13.1 Å². The molecule has 5 nitrogen and oxygen atoms in total. The van der Waals surface area contributed by atoms with Crippen LogP contribution in [0.3, 0.4) is 0 Å². The van der Waals surface area contributed by atoms with Crippen LogP contribution in [0, 0.1) is 0 Å². The molecule has 0 bridgehead atoms. The Morgan fingerprint density at radius 1 is 1.11 bits per heavy atom. The van der Waals surface area contributed by atoms with E-state index in [1.165, 1.54) is 0 Å². The highest BCUT2D eigenvalue weighted by Gasteiger charge is 2.20.